The first-order valence-electron chi connectivity index (χ1n) is 6.23. The second kappa shape index (κ2) is 6.09. The Balaban J connectivity index is 2.21. The number of aromatic nitrogens is 1. The fourth-order valence-electron chi connectivity index (χ4n) is 1.92. The first-order chi connectivity index (χ1) is 9.51. The van der Waals surface area contributed by atoms with Gasteiger partial charge >= 0.3 is 0 Å². The lowest BCUT2D eigenvalue weighted by atomic mass is 10.3. The lowest BCUT2D eigenvalue weighted by Crippen LogP contribution is -2.16. The average molecular weight is 340 g/mol. The van der Waals surface area contributed by atoms with Crippen molar-refractivity contribution >= 4 is 33.2 Å². The molecule has 2 rings (SSSR count). The number of hydrogen-bond acceptors (Lipinski definition) is 2. The van der Waals surface area contributed by atoms with Crippen LogP contribution in [0.5, 0.6) is 0 Å². The number of nitrogens with zero attached hydrogens (tertiary/aromatic N) is 1. The van der Waals surface area contributed by atoms with Gasteiger partial charge in [0.05, 0.1) is 10.2 Å². The van der Waals surface area contributed by atoms with E-state index in [0.29, 0.717) is 28.1 Å². The van der Waals surface area contributed by atoms with Gasteiger partial charge in [-0.1, -0.05) is 6.92 Å². The summed E-state index contributed by atoms with van der Waals surface area (Å²) in [7, 11) is 0. The summed E-state index contributed by atoms with van der Waals surface area (Å²) in [6.45, 7) is 2.74. The maximum Gasteiger partial charge on any atom is 0.272 e. The Bertz CT molecular complexity index is 639. The van der Waals surface area contributed by atoms with Crippen LogP contribution < -0.4 is 11.1 Å². The maximum atomic E-state index is 13.1. The first-order valence-corrected chi connectivity index (χ1v) is 7.02. The molecule has 20 heavy (non-hydrogen) atoms. The SMILES string of the molecule is CCCn1cc(N)cc1C(=O)Nc1ccc(F)c(Br)c1. The molecule has 1 heterocycles. The van der Waals surface area contributed by atoms with Gasteiger partial charge in [0.2, 0.25) is 0 Å². The topological polar surface area (TPSA) is 60.0 Å². The highest BCUT2D eigenvalue weighted by atomic mass is 79.9. The molecule has 1 amide bonds. The lowest BCUT2D eigenvalue weighted by Gasteiger charge is -2.09. The van der Waals surface area contributed by atoms with Gasteiger partial charge in [-0.15, -0.1) is 0 Å². The van der Waals surface area contributed by atoms with E-state index in [1.165, 1.54) is 18.2 Å². The van der Waals surface area contributed by atoms with E-state index in [1.54, 1.807) is 12.3 Å². The molecule has 1 aromatic carbocycles. The Morgan fingerprint density at radius 2 is 2.20 bits per heavy atom. The van der Waals surface area contributed by atoms with Crippen LogP contribution in [0.4, 0.5) is 15.8 Å². The van der Waals surface area contributed by atoms with Gasteiger partial charge in [0.15, 0.2) is 0 Å². The average Bonchev–Trinajstić information content (AvgIpc) is 2.75. The Morgan fingerprint density at radius 3 is 2.85 bits per heavy atom. The summed E-state index contributed by atoms with van der Waals surface area (Å²) in [5.41, 5.74) is 7.28. The van der Waals surface area contributed by atoms with Crippen molar-refractivity contribution in [3.63, 3.8) is 0 Å². The highest BCUT2D eigenvalue weighted by Gasteiger charge is 2.13. The minimum absolute atomic E-state index is 0.270. The van der Waals surface area contributed by atoms with Gasteiger partial charge in [0.25, 0.3) is 5.91 Å². The Labute approximate surface area is 124 Å². The van der Waals surface area contributed by atoms with Gasteiger partial charge in [0, 0.05) is 18.4 Å². The van der Waals surface area contributed by atoms with Crippen molar-refractivity contribution in [1.82, 2.24) is 4.57 Å². The van der Waals surface area contributed by atoms with E-state index in [4.69, 9.17) is 5.73 Å². The van der Waals surface area contributed by atoms with Crippen LogP contribution in [0.1, 0.15) is 23.8 Å². The molecule has 2 aromatic rings. The van der Waals surface area contributed by atoms with Crippen LogP contribution in [0, 0.1) is 5.82 Å². The summed E-state index contributed by atoms with van der Waals surface area (Å²) in [5.74, 6) is -0.643. The number of hydrogen-bond donors (Lipinski definition) is 2. The maximum absolute atomic E-state index is 13.1. The van der Waals surface area contributed by atoms with Crippen LogP contribution in [0.25, 0.3) is 0 Å². The van der Waals surface area contributed by atoms with E-state index in [1.807, 2.05) is 11.5 Å². The third-order valence-corrected chi connectivity index (χ3v) is 3.40. The smallest absolute Gasteiger partial charge is 0.272 e. The van der Waals surface area contributed by atoms with Crippen LogP contribution in [-0.4, -0.2) is 10.5 Å². The zero-order valence-corrected chi connectivity index (χ0v) is 12.6. The largest absolute Gasteiger partial charge is 0.397 e. The minimum Gasteiger partial charge on any atom is -0.397 e. The summed E-state index contributed by atoms with van der Waals surface area (Å²) in [6, 6.07) is 5.95. The predicted molar refractivity (Wildman–Crippen MR) is 81.2 cm³/mol. The fraction of sp³-hybridized carbons (Fsp3) is 0.214. The third kappa shape index (κ3) is 3.19. The normalized spacial score (nSPS) is 10.6. The summed E-state index contributed by atoms with van der Waals surface area (Å²) >= 11 is 3.08. The van der Waals surface area contributed by atoms with Crippen molar-refractivity contribution in [1.29, 1.82) is 0 Å². The van der Waals surface area contributed by atoms with Crippen LogP contribution in [0.15, 0.2) is 34.9 Å². The standard InChI is InChI=1S/C14H15BrFN3O/c1-2-5-19-8-9(17)6-13(19)14(20)18-10-3-4-12(16)11(15)7-10/h3-4,6-8H,2,5,17H2,1H3,(H,18,20). The Kier molecular flexibility index (Phi) is 4.44. The number of carbonyl (C=O) groups excluding carboxylic acids is 1. The van der Waals surface area contributed by atoms with Crippen molar-refractivity contribution < 1.29 is 9.18 Å². The number of nitrogens with two attached hydrogens (primary N) is 1. The quantitative estimate of drug-likeness (QED) is 0.893. The van der Waals surface area contributed by atoms with Crippen molar-refractivity contribution in [2.75, 3.05) is 11.1 Å². The monoisotopic (exact) mass is 339 g/mol. The number of nitrogens with one attached hydrogen (secondary N) is 1. The van der Waals surface area contributed by atoms with Crippen molar-refractivity contribution in [3.05, 3.63) is 46.4 Å². The van der Waals surface area contributed by atoms with E-state index >= 15 is 0 Å². The molecule has 3 N–H and O–H groups in total. The van der Waals surface area contributed by atoms with Gasteiger partial charge in [-0.05, 0) is 46.6 Å². The zero-order chi connectivity index (χ0) is 14.7. The number of nitrogen functional groups attached to an aromatic ring is 1. The number of benzene rings is 1. The van der Waals surface area contributed by atoms with E-state index in [0.717, 1.165) is 6.42 Å². The second-order valence-corrected chi connectivity index (χ2v) is 5.29. The van der Waals surface area contributed by atoms with Gasteiger partial charge < -0.3 is 15.6 Å². The molecule has 0 aliphatic heterocycles. The molecular formula is C14H15BrFN3O. The molecule has 0 saturated heterocycles. The van der Waals surface area contributed by atoms with Crippen LogP contribution in [0.3, 0.4) is 0 Å². The summed E-state index contributed by atoms with van der Waals surface area (Å²) in [6.07, 6.45) is 2.63. The van der Waals surface area contributed by atoms with E-state index in [2.05, 4.69) is 21.2 Å². The molecule has 0 atom stereocenters. The van der Waals surface area contributed by atoms with Gasteiger partial charge in [-0.2, -0.15) is 0 Å². The van der Waals surface area contributed by atoms with Crippen LogP contribution in [-0.2, 0) is 6.54 Å². The Hall–Kier alpha value is -1.82. The summed E-state index contributed by atoms with van der Waals surface area (Å²) in [5, 5.41) is 2.73. The van der Waals surface area contributed by atoms with Gasteiger partial charge in [0.1, 0.15) is 11.5 Å². The Morgan fingerprint density at radius 1 is 1.45 bits per heavy atom. The summed E-state index contributed by atoms with van der Waals surface area (Å²) < 4.78 is 15.3. The molecule has 0 bridgehead atoms. The predicted octanol–water partition coefficient (Wildman–Crippen LogP) is 3.63. The zero-order valence-electron chi connectivity index (χ0n) is 11.0. The molecule has 0 radical (unpaired) electrons. The number of anilines is 2. The highest BCUT2D eigenvalue weighted by molar-refractivity contribution is 9.10. The molecule has 0 saturated carbocycles. The number of aryl methyl sites for hydroxylation is 1. The second-order valence-electron chi connectivity index (χ2n) is 4.44. The number of carbonyl (C=O) groups is 1. The molecule has 0 unspecified atom stereocenters. The highest BCUT2D eigenvalue weighted by Crippen LogP contribution is 2.21. The lowest BCUT2D eigenvalue weighted by molar-refractivity contribution is 0.101. The molecule has 1 aromatic heterocycles. The molecule has 4 nitrogen and oxygen atoms in total. The molecule has 106 valence electrons. The first kappa shape index (κ1) is 14.6. The molecule has 0 aliphatic rings. The van der Waals surface area contributed by atoms with E-state index in [-0.39, 0.29) is 11.7 Å². The third-order valence-electron chi connectivity index (χ3n) is 2.79. The van der Waals surface area contributed by atoms with Crippen LogP contribution in [0.2, 0.25) is 0 Å². The van der Waals surface area contributed by atoms with Crippen molar-refractivity contribution in [2.45, 2.75) is 19.9 Å². The van der Waals surface area contributed by atoms with Gasteiger partial charge in [-0.25, -0.2) is 4.39 Å². The van der Waals surface area contributed by atoms with Crippen molar-refractivity contribution in [3.8, 4) is 0 Å². The molecule has 6 heteroatoms. The molecule has 0 aliphatic carbocycles. The molecule has 0 fully saturated rings. The molecular weight excluding hydrogens is 325 g/mol. The number of amides is 1. The number of halogens is 2. The van der Waals surface area contributed by atoms with Crippen LogP contribution >= 0.6 is 15.9 Å². The number of rotatable bonds is 4. The van der Waals surface area contributed by atoms with Gasteiger partial charge in [-0.3, -0.25) is 4.79 Å². The fourth-order valence-corrected chi connectivity index (χ4v) is 2.30. The molecule has 0 spiro atoms. The van der Waals surface area contributed by atoms with E-state index in [9.17, 15) is 9.18 Å². The summed E-state index contributed by atoms with van der Waals surface area (Å²) in [4.78, 5) is 12.2. The minimum atomic E-state index is -0.374. The van der Waals surface area contributed by atoms with Crippen molar-refractivity contribution in [2.24, 2.45) is 0 Å². The van der Waals surface area contributed by atoms with E-state index < -0.39 is 0 Å².